The third kappa shape index (κ3) is 5.23. The first kappa shape index (κ1) is 12.6. The van der Waals surface area contributed by atoms with E-state index in [1.54, 1.807) is 11.8 Å². The topological polar surface area (TPSA) is 41.1 Å². The summed E-state index contributed by atoms with van der Waals surface area (Å²) in [6.45, 7) is 5.38. The monoisotopic (exact) mass is 228 g/mol. The van der Waals surface area contributed by atoms with E-state index >= 15 is 0 Å². The van der Waals surface area contributed by atoms with E-state index in [0.29, 0.717) is 0 Å². The lowest BCUT2D eigenvalue weighted by atomic mass is 10.0. The molecule has 0 spiro atoms. The van der Waals surface area contributed by atoms with E-state index in [-0.39, 0.29) is 11.9 Å². The molecule has 0 bridgehead atoms. The highest BCUT2D eigenvalue weighted by Gasteiger charge is 2.19. The number of hydrogen-bond acceptors (Lipinski definition) is 3. The van der Waals surface area contributed by atoms with E-state index in [4.69, 9.17) is 0 Å². The average molecular weight is 228 g/mol. The van der Waals surface area contributed by atoms with Crippen LogP contribution >= 0.6 is 11.8 Å². The third-order valence-corrected chi connectivity index (χ3v) is 3.37. The van der Waals surface area contributed by atoms with Gasteiger partial charge in [0, 0.05) is 18.1 Å². The maximum Gasteiger partial charge on any atom is 0.237 e. The van der Waals surface area contributed by atoms with Gasteiger partial charge in [-0.25, -0.2) is 0 Å². The molecule has 0 aliphatic carbocycles. The molecule has 0 aromatic rings. The zero-order chi connectivity index (χ0) is 10.9. The molecule has 1 fully saturated rings. The molecule has 1 amide bonds. The predicted octanol–water partition coefficient (Wildman–Crippen LogP) is 1.16. The van der Waals surface area contributed by atoms with E-state index in [1.807, 2.05) is 6.08 Å². The number of hydrogen-bond donors (Lipinski definition) is 2. The molecule has 3 nitrogen and oxygen atoms in total. The lowest BCUT2D eigenvalue weighted by Gasteiger charge is -2.22. The molecule has 0 radical (unpaired) electrons. The Labute approximate surface area is 96.1 Å². The summed E-state index contributed by atoms with van der Waals surface area (Å²) in [6, 6.07) is 0.0446. The van der Waals surface area contributed by atoms with E-state index < -0.39 is 0 Å². The summed E-state index contributed by atoms with van der Waals surface area (Å²) in [5.41, 5.74) is 0. The molecule has 1 heterocycles. The number of rotatable bonds is 6. The van der Waals surface area contributed by atoms with Crippen LogP contribution in [-0.2, 0) is 4.79 Å². The maximum absolute atomic E-state index is 11.6. The minimum absolute atomic E-state index is 0.0446. The summed E-state index contributed by atoms with van der Waals surface area (Å²) in [5.74, 6) is 2.08. The summed E-state index contributed by atoms with van der Waals surface area (Å²) in [6.07, 6.45) is 5.22. The van der Waals surface area contributed by atoms with Crippen LogP contribution in [0.4, 0.5) is 0 Å². The SMILES string of the molecule is C=CCSCCNC(=O)[C@@H]1CCCCN1. The Balaban J connectivity index is 2.04. The number of nitrogens with one attached hydrogen (secondary N) is 2. The molecule has 1 saturated heterocycles. The van der Waals surface area contributed by atoms with E-state index in [1.165, 1.54) is 6.42 Å². The van der Waals surface area contributed by atoms with Crippen molar-refractivity contribution in [3.05, 3.63) is 12.7 Å². The second-order valence-corrected chi connectivity index (χ2v) is 4.81. The van der Waals surface area contributed by atoms with Gasteiger partial charge in [-0.1, -0.05) is 12.5 Å². The number of amides is 1. The molecule has 0 aromatic heterocycles. The van der Waals surface area contributed by atoms with Crippen LogP contribution < -0.4 is 10.6 Å². The number of carbonyl (C=O) groups is 1. The quantitative estimate of drug-likeness (QED) is 0.529. The zero-order valence-electron chi connectivity index (χ0n) is 9.13. The Morgan fingerprint density at radius 2 is 2.47 bits per heavy atom. The van der Waals surface area contributed by atoms with Gasteiger partial charge < -0.3 is 10.6 Å². The molecular formula is C11H20N2OS. The van der Waals surface area contributed by atoms with Crippen LogP contribution in [-0.4, -0.2) is 36.5 Å². The van der Waals surface area contributed by atoms with Gasteiger partial charge in [-0.15, -0.1) is 6.58 Å². The predicted molar refractivity (Wildman–Crippen MR) is 66.2 cm³/mol. The van der Waals surface area contributed by atoms with Gasteiger partial charge in [0.25, 0.3) is 0 Å². The van der Waals surface area contributed by atoms with Gasteiger partial charge in [0.05, 0.1) is 6.04 Å². The van der Waals surface area contributed by atoms with Crippen molar-refractivity contribution in [3.63, 3.8) is 0 Å². The molecule has 0 saturated carbocycles. The molecule has 1 atom stereocenters. The van der Waals surface area contributed by atoms with Crippen molar-refractivity contribution in [1.82, 2.24) is 10.6 Å². The van der Waals surface area contributed by atoms with Gasteiger partial charge in [-0.05, 0) is 19.4 Å². The van der Waals surface area contributed by atoms with Crippen LogP contribution in [0.1, 0.15) is 19.3 Å². The fourth-order valence-electron chi connectivity index (χ4n) is 1.61. The Morgan fingerprint density at radius 1 is 1.60 bits per heavy atom. The highest BCUT2D eigenvalue weighted by Crippen LogP contribution is 2.06. The van der Waals surface area contributed by atoms with Crippen molar-refractivity contribution in [2.24, 2.45) is 0 Å². The second kappa shape index (κ2) is 7.77. The standard InChI is InChI=1S/C11H20N2OS/c1-2-8-15-9-7-13-11(14)10-5-3-4-6-12-10/h2,10,12H,1,3-9H2,(H,13,14)/t10-/m0/s1. The van der Waals surface area contributed by atoms with Crippen LogP contribution in [0.2, 0.25) is 0 Å². The van der Waals surface area contributed by atoms with Crippen molar-refractivity contribution in [1.29, 1.82) is 0 Å². The van der Waals surface area contributed by atoms with Crippen LogP contribution in [0, 0.1) is 0 Å². The fourth-order valence-corrected chi connectivity index (χ4v) is 2.19. The number of carbonyl (C=O) groups excluding carboxylic acids is 1. The van der Waals surface area contributed by atoms with E-state index in [0.717, 1.165) is 37.4 Å². The first-order chi connectivity index (χ1) is 7.34. The van der Waals surface area contributed by atoms with Gasteiger partial charge in [0.15, 0.2) is 0 Å². The van der Waals surface area contributed by atoms with Gasteiger partial charge in [-0.2, -0.15) is 11.8 Å². The van der Waals surface area contributed by atoms with Gasteiger partial charge in [-0.3, -0.25) is 4.79 Å². The minimum atomic E-state index is 0.0446. The summed E-state index contributed by atoms with van der Waals surface area (Å²) < 4.78 is 0. The van der Waals surface area contributed by atoms with E-state index in [2.05, 4.69) is 17.2 Å². The average Bonchev–Trinajstić information content (AvgIpc) is 2.30. The van der Waals surface area contributed by atoms with Crippen LogP contribution in [0.15, 0.2) is 12.7 Å². The van der Waals surface area contributed by atoms with Crippen molar-refractivity contribution >= 4 is 17.7 Å². The fraction of sp³-hybridized carbons (Fsp3) is 0.727. The van der Waals surface area contributed by atoms with Crippen LogP contribution in [0.3, 0.4) is 0 Å². The third-order valence-electron chi connectivity index (χ3n) is 2.41. The highest BCUT2D eigenvalue weighted by atomic mass is 32.2. The largest absolute Gasteiger partial charge is 0.354 e. The number of thioether (sulfide) groups is 1. The molecule has 2 N–H and O–H groups in total. The number of piperidine rings is 1. The Morgan fingerprint density at radius 3 is 3.13 bits per heavy atom. The smallest absolute Gasteiger partial charge is 0.237 e. The molecule has 0 aromatic carbocycles. The minimum Gasteiger partial charge on any atom is -0.354 e. The lowest BCUT2D eigenvalue weighted by Crippen LogP contribution is -2.47. The van der Waals surface area contributed by atoms with Crippen molar-refractivity contribution in [2.75, 3.05) is 24.6 Å². The summed E-state index contributed by atoms with van der Waals surface area (Å²) in [4.78, 5) is 11.6. The first-order valence-electron chi connectivity index (χ1n) is 5.54. The first-order valence-corrected chi connectivity index (χ1v) is 6.70. The van der Waals surface area contributed by atoms with Crippen molar-refractivity contribution in [3.8, 4) is 0 Å². The summed E-state index contributed by atoms with van der Waals surface area (Å²) in [7, 11) is 0. The van der Waals surface area contributed by atoms with Crippen LogP contribution in [0.25, 0.3) is 0 Å². The molecule has 15 heavy (non-hydrogen) atoms. The molecular weight excluding hydrogens is 208 g/mol. The Hall–Kier alpha value is -0.480. The zero-order valence-corrected chi connectivity index (χ0v) is 9.94. The normalized spacial score (nSPS) is 20.9. The van der Waals surface area contributed by atoms with Crippen molar-refractivity contribution < 1.29 is 4.79 Å². The molecule has 0 unspecified atom stereocenters. The van der Waals surface area contributed by atoms with Gasteiger partial charge in [0.2, 0.25) is 5.91 Å². The Bertz CT molecular complexity index is 203. The van der Waals surface area contributed by atoms with Gasteiger partial charge in [0.1, 0.15) is 0 Å². The molecule has 4 heteroatoms. The van der Waals surface area contributed by atoms with E-state index in [9.17, 15) is 4.79 Å². The van der Waals surface area contributed by atoms with Gasteiger partial charge >= 0.3 is 0 Å². The lowest BCUT2D eigenvalue weighted by molar-refractivity contribution is -0.123. The maximum atomic E-state index is 11.6. The second-order valence-electron chi connectivity index (χ2n) is 3.66. The highest BCUT2D eigenvalue weighted by molar-refractivity contribution is 7.99. The molecule has 1 aliphatic rings. The van der Waals surface area contributed by atoms with Crippen LogP contribution in [0.5, 0.6) is 0 Å². The summed E-state index contributed by atoms with van der Waals surface area (Å²) >= 11 is 1.79. The Kier molecular flexibility index (Phi) is 6.52. The molecule has 1 aliphatic heterocycles. The molecule has 1 rings (SSSR count). The summed E-state index contributed by atoms with van der Waals surface area (Å²) in [5, 5.41) is 6.19. The van der Waals surface area contributed by atoms with Crippen molar-refractivity contribution in [2.45, 2.75) is 25.3 Å². The molecule has 86 valence electrons.